The Kier molecular flexibility index (Phi) is 3.21. The minimum atomic E-state index is -4.16. The minimum Gasteiger partial charge on any atom is -0.278 e. The summed E-state index contributed by atoms with van der Waals surface area (Å²) in [6.07, 6.45) is 0. The summed E-state index contributed by atoms with van der Waals surface area (Å²) in [6, 6.07) is 6.66. The Balaban J connectivity index is 2.47. The highest BCUT2D eigenvalue weighted by molar-refractivity contribution is 7.92. The fourth-order valence-corrected chi connectivity index (χ4v) is 2.48. The summed E-state index contributed by atoms with van der Waals surface area (Å²) in [7, 11) is -4.16. The molecular formula is C10H10N4O4S. The average molecular weight is 282 g/mol. The standard InChI is InChI=1S/C10H10N4O4S/c1-6-4-2-3-5-7(6)14-19(17,18)9-8(15)11-10(16)13-12-9/h2-5,14H,1H3,(H2,11,13,15,16). The normalized spacial score (nSPS) is 11.2. The molecule has 8 nitrogen and oxygen atoms in total. The Morgan fingerprint density at radius 3 is 2.53 bits per heavy atom. The molecule has 0 saturated carbocycles. The van der Waals surface area contributed by atoms with Crippen LogP contribution in [0, 0.1) is 6.92 Å². The molecule has 0 aliphatic heterocycles. The van der Waals surface area contributed by atoms with Crippen molar-refractivity contribution in [2.75, 3.05) is 4.72 Å². The fourth-order valence-electron chi connectivity index (χ4n) is 1.40. The van der Waals surface area contributed by atoms with Crippen LogP contribution in [0.5, 0.6) is 0 Å². The first kappa shape index (κ1) is 13.0. The zero-order valence-corrected chi connectivity index (χ0v) is 10.6. The van der Waals surface area contributed by atoms with Crippen LogP contribution in [0.1, 0.15) is 5.56 Å². The quantitative estimate of drug-likeness (QED) is 0.704. The Morgan fingerprint density at radius 2 is 1.89 bits per heavy atom. The van der Waals surface area contributed by atoms with E-state index in [-0.39, 0.29) is 0 Å². The van der Waals surface area contributed by atoms with Gasteiger partial charge in [-0.2, -0.15) is 13.5 Å². The van der Waals surface area contributed by atoms with E-state index in [1.807, 2.05) is 5.10 Å². The topological polar surface area (TPSA) is 125 Å². The van der Waals surface area contributed by atoms with Crippen molar-refractivity contribution in [3.63, 3.8) is 0 Å². The minimum absolute atomic E-state index is 0.329. The van der Waals surface area contributed by atoms with Crippen LogP contribution >= 0.6 is 0 Å². The predicted octanol–water partition coefficient (Wildman–Crippen LogP) is -0.433. The van der Waals surface area contributed by atoms with E-state index >= 15 is 0 Å². The molecule has 1 heterocycles. The van der Waals surface area contributed by atoms with Gasteiger partial charge in [-0.3, -0.25) is 14.5 Å². The molecule has 0 fully saturated rings. The number of hydrogen-bond donors (Lipinski definition) is 3. The molecule has 19 heavy (non-hydrogen) atoms. The maximum absolute atomic E-state index is 12.0. The number of sulfonamides is 1. The summed E-state index contributed by atoms with van der Waals surface area (Å²) in [4.78, 5) is 24.0. The summed E-state index contributed by atoms with van der Waals surface area (Å²) in [5.74, 6) is 0. The molecule has 1 aromatic heterocycles. The third kappa shape index (κ3) is 2.71. The van der Waals surface area contributed by atoms with Crippen LogP contribution in [0.25, 0.3) is 0 Å². The molecular weight excluding hydrogens is 272 g/mol. The summed E-state index contributed by atoms with van der Waals surface area (Å²) in [5.41, 5.74) is -0.938. The van der Waals surface area contributed by atoms with E-state index in [4.69, 9.17) is 0 Å². The number of aromatic nitrogens is 3. The third-order valence-corrected chi connectivity index (χ3v) is 3.60. The lowest BCUT2D eigenvalue weighted by Gasteiger charge is -2.08. The van der Waals surface area contributed by atoms with Gasteiger partial charge in [0, 0.05) is 0 Å². The van der Waals surface area contributed by atoms with Gasteiger partial charge in [0.25, 0.3) is 20.6 Å². The van der Waals surface area contributed by atoms with Gasteiger partial charge in [0.15, 0.2) is 0 Å². The number of hydrogen-bond acceptors (Lipinski definition) is 5. The molecule has 0 aliphatic carbocycles. The van der Waals surface area contributed by atoms with Gasteiger partial charge in [0.2, 0.25) is 0 Å². The van der Waals surface area contributed by atoms with Crippen molar-refractivity contribution in [3.8, 4) is 0 Å². The van der Waals surface area contributed by atoms with Crippen LogP contribution in [0.15, 0.2) is 38.9 Å². The van der Waals surface area contributed by atoms with E-state index in [1.54, 1.807) is 36.2 Å². The molecule has 0 radical (unpaired) electrons. The number of aryl methyl sites for hydroxylation is 1. The number of H-pyrrole nitrogens is 2. The van der Waals surface area contributed by atoms with Gasteiger partial charge in [0.05, 0.1) is 5.69 Å². The first-order valence-electron chi connectivity index (χ1n) is 5.17. The second-order valence-electron chi connectivity index (χ2n) is 3.73. The monoisotopic (exact) mass is 282 g/mol. The average Bonchev–Trinajstić information content (AvgIpc) is 2.31. The fraction of sp³-hybridized carbons (Fsp3) is 0.100. The van der Waals surface area contributed by atoms with Crippen molar-refractivity contribution in [3.05, 3.63) is 50.7 Å². The number of nitrogens with zero attached hydrogens (tertiary/aromatic N) is 1. The number of aromatic amines is 2. The van der Waals surface area contributed by atoms with Crippen molar-refractivity contribution in [1.29, 1.82) is 0 Å². The highest BCUT2D eigenvalue weighted by atomic mass is 32.2. The zero-order valence-electron chi connectivity index (χ0n) is 9.80. The molecule has 2 aromatic rings. The molecule has 0 aliphatic rings. The van der Waals surface area contributed by atoms with Gasteiger partial charge >= 0.3 is 5.69 Å². The van der Waals surface area contributed by atoms with Crippen LogP contribution in [-0.2, 0) is 10.0 Å². The van der Waals surface area contributed by atoms with Gasteiger partial charge in [-0.15, -0.1) is 0 Å². The lowest BCUT2D eigenvalue weighted by molar-refractivity contribution is 0.591. The van der Waals surface area contributed by atoms with E-state index in [0.29, 0.717) is 11.3 Å². The summed E-state index contributed by atoms with van der Waals surface area (Å²) < 4.78 is 26.2. The van der Waals surface area contributed by atoms with E-state index in [9.17, 15) is 18.0 Å². The number of benzene rings is 1. The van der Waals surface area contributed by atoms with Crippen molar-refractivity contribution < 1.29 is 8.42 Å². The molecule has 9 heteroatoms. The van der Waals surface area contributed by atoms with Crippen LogP contribution < -0.4 is 16.0 Å². The molecule has 100 valence electrons. The Bertz CT molecular complexity index is 822. The smallest absolute Gasteiger partial charge is 0.278 e. The molecule has 0 atom stereocenters. The number of nitrogens with one attached hydrogen (secondary N) is 3. The number of para-hydroxylation sites is 1. The summed E-state index contributed by atoms with van der Waals surface area (Å²) in [6.45, 7) is 1.71. The van der Waals surface area contributed by atoms with Gasteiger partial charge in [0.1, 0.15) is 0 Å². The number of anilines is 1. The Hall–Kier alpha value is -2.42. The van der Waals surface area contributed by atoms with Crippen molar-refractivity contribution in [1.82, 2.24) is 15.2 Å². The Morgan fingerprint density at radius 1 is 1.21 bits per heavy atom. The maximum Gasteiger partial charge on any atom is 0.342 e. The van der Waals surface area contributed by atoms with Gasteiger partial charge in [-0.1, -0.05) is 18.2 Å². The van der Waals surface area contributed by atoms with Gasteiger partial charge in [-0.05, 0) is 18.6 Å². The summed E-state index contributed by atoms with van der Waals surface area (Å²) >= 11 is 0. The Labute approximate surface area is 107 Å². The molecule has 3 N–H and O–H groups in total. The number of rotatable bonds is 3. The molecule has 0 bridgehead atoms. The lowest BCUT2D eigenvalue weighted by Crippen LogP contribution is -2.31. The van der Waals surface area contributed by atoms with Crippen LogP contribution in [-0.4, -0.2) is 23.6 Å². The van der Waals surface area contributed by atoms with Gasteiger partial charge < -0.3 is 0 Å². The van der Waals surface area contributed by atoms with Crippen molar-refractivity contribution in [2.24, 2.45) is 0 Å². The van der Waals surface area contributed by atoms with Crippen molar-refractivity contribution >= 4 is 15.7 Å². The molecule has 1 aromatic carbocycles. The molecule has 2 rings (SSSR count). The zero-order chi connectivity index (χ0) is 14.0. The second-order valence-corrected chi connectivity index (χ2v) is 5.33. The second kappa shape index (κ2) is 4.69. The molecule has 0 unspecified atom stereocenters. The maximum atomic E-state index is 12.0. The first-order valence-corrected chi connectivity index (χ1v) is 6.66. The highest BCUT2D eigenvalue weighted by Gasteiger charge is 2.21. The third-order valence-electron chi connectivity index (χ3n) is 2.32. The van der Waals surface area contributed by atoms with Crippen LogP contribution in [0.2, 0.25) is 0 Å². The molecule has 0 amide bonds. The van der Waals surface area contributed by atoms with E-state index < -0.39 is 26.3 Å². The lowest BCUT2D eigenvalue weighted by atomic mass is 10.2. The summed E-state index contributed by atoms with van der Waals surface area (Å²) in [5, 5.41) is 4.31. The van der Waals surface area contributed by atoms with E-state index in [0.717, 1.165) is 0 Å². The highest BCUT2D eigenvalue weighted by Crippen LogP contribution is 2.16. The SMILES string of the molecule is Cc1ccccc1NS(=O)(=O)c1n[nH]c(=O)[nH]c1=O. The molecule has 0 spiro atoms. The predicted molar refractivity (Wildman–Crippen MR) is 67.5 cm³/mol. The van der Waals surface area contributed by atoms with E-state index in [1.165, 1.54) is 0 Å². The van der Waals surface area contributed by atoms with Crippen LogP contribution in [0.4, 0.5) is 5.69 Å². The van der Waals surface area contributed by atoms with E-state index in [2.05, 4.69) is 9.82 Å². The first-order chi connectivity index (χ1) is 8.90. The van der Waals surface area contributed by atoms with Gasteiger partial charge in [-0.25, -0.2) is 9.89 Å². The largest absolute Gasteiger partial charge is 0.342 e. The molecule has 0 saturated heterocycles. The van der Waals surface area contributed by atoms with Crippen molar-refractivity contribution in [2.45, 2.75) is 11.9 Å². The van der Waals surface area contributed by atoms with Crippen LogP contribution in [0.3, 0.4) is 0 Å².